The molecule has 1 aliphatic carbocycles. The van der Waals surface area contributed by atoms with Gasteiger partial charge < -0.3 is 10.1 Å². The molecule has 1 saturated carbocycles. The summed E-state index contributed by atoms with van der Waals surface area (Å²) in [6.07, 6.45) is 3.11. The lowest BCUT2D eigenvalue weighted by molar-refractivity contribution is 0.196. The first-order valence-electron chi connectivity index (χ1n) is 7.35. The van der Waals surface area contributed by atoms with Crippen molar-refractivity contribution in [3.8, 4) is 0 Å². The van der Waals surface area contributed by atoms with Crippen LogP contribution in [0, 0.1) is 6.92 Å². The Morgan fingerprint density at radius 1 is 1.33 bits per heavy atom. The van der Waals surface area contributed by atoms with Gasteiger partial charge >= 0.3 is 0 Å². The van der Waals surface area contributed by atoms with Gasteiger partial charge in [-0.25, -0.2) is 13.1 Å². The van der Waals surface area contributed by atoms with Crippen LogP contribution in [0.5, 0.6) is 0 Å². The maximum atomic E-state index is 12.3. The Balaban J connectivity index is 2.04. The van der Waals surface area contributed by atoms with Crippen LogP contribution in [0.3, 0.4) is 0 Å². The maximum Gasteiger partial charge on any atom is 0.240 e. The molecule has 118 valence electrons. The van der Waals surface area contributed by atoms with E-state index in [9.17, 15) is 8.42 Å². The average Bonchev–Trinajstić information content (AvgIpc) is 3.26. The van der Waals surface area contributed by atoms with Crippen LogP contribution < -0.4 is 10.0 Å². The molecule has 0 saturated heterocycles. The van der Waals surface area contributed by atoms with Gasteiger partial charge in [0.2, 0.25) is 10.0 Å². The maximum absolute atomic E-state index is 12.3. The Hall–Kier alpha value is -0.950. The zero-order valence-electron chi connectivity index (χ0n) is 12.7. The second kappa shape index (κ2) is 7.35. The van der Waals surface area contributed by atoms with Crippen LogP contribution in [0.2, 0.25) is 0 Å². The Kier molecular flexibility index (Phi) is 5.75. The Morgan fingerprint density at radius 2 is 2.10 bits per heavy atom. The lowest BCUT2D eigenvalue weighted by atomic mass is 10.1. The van der Waals surface area contributed by atoms with Crippen LogP contribution >= 0.6 is 0 Å². The topological polar surface area (TPSA) is 67.4 Å². The fraction of sp³-hybridized carbons (Fsp3) is 0.600. The molecule has 0 aromatic heterocycles. The second-order valence-electron chi connectivity index (χ2n) is 5.44. The van der Waals surface area contributed by atoms with Crippen LogP contribution in [0.15, 0.2) is 23.1 Å². The van der Waals surface area contributed by atoms with E-state index in [4.69, 9.17) is 4.74 Å². The Morgan fingerprint density at radius 3 is 2.76 bits per heavy atom. The van der Waals surface area contributed by atoms with E-state index in [2.05, 4.69) is 10.0 Å². The molecular formula is C15H24N2O3S. The summed E-state index contributed by atoms with van der Waals surface area (Å²) < 4.78 is 32.2. The van der Waals surface area contributed by atoms with E-state index >= 15 is 0 Å². The summed E-state index contributed by atoms with van der Waals surface area (Å²) in [5.74, 6) is 0. The highest BCUT2D eigenvalue weighted by Crippen LogP contribution is 2.22. The van der Waals surface area contributed by atoms with Crippen molar-refractivity contribution < 1.29 is 13.2 Å². The number of methoxy groups -OCH3 is 1. The quantitative estimate of drug-likeness (QED) is 0.679. The lowest BCUT2D eigenvalue weighted by Crippen LogP contribution is -2.26. The summed E-state index contributed by atoms with van der Waals surface area (Å²) in [6.45, 7) is 3.53. The third-order valence-electron chi connectivity index (χ3n) is 3.66. The van der Waals surface area contributed by atoms with E-state index in [0.717, 1.165) is 17.7 Å². The molecule has 21 heavy (non-hydrogen) atoms. The van der Waals surface area contributed by atoms with Gasteiger partial charge in [-0.1, -0.05) is 12.1 Å². The van der Waals surface area contributed by atoms with Gasteiger partial charge in [0.25, 0.3) is 0 Å². The standard InChI is InChI=1S/C15H24N2O3S/c1-12-13(11-16-14-7-8-14)5-3-6-15(12)21(18,19)17-9-4-10-20-2/h3,5-6,14,16-17H,4,7-11H2,1-2H3. The minimum atomic E-state index is -3.45. The number of benzene rings is 1. The molecule has 0 radical (unpaired) electrons. The zero-order chi connectivity index (χ0) is 15.3. The first-order valence-corrected chi connectivity index (χ1v) is 8.83. The molecule has 0 heterocycles. The van der Waals surface area contributed by atoms with Gasteiger partial charge in [0.1, 0.15) is 0 Å². The third-order valence-corrected chi connectivity index (χ3v) is 5.27. The fourth-order valence-corrected chi connectivity index (χ4v) is 3.55. The zero-order valence-corrected chi connectivity index (χ0v) is 13.5. The molecule has 0 spiro atoms. The third kappa shape index (κ3) is 4.78. The van der Waals surface area contributed by atoms with Crippen molar-refractivity contribution in [3.63, 3.8) is 0 Å². The highest BCUT2D eigenvalue weighted by atomic mass is 32.2. The predicted molar refractivity (Wildman–Crippen MR) is 82.7 cm³/mol. The summed E-state index contributed by atoms with van der Waals surface area (Å²) in [5.41, 5.74) is 1.87. The van der Waals surface area contributed by atoms with Crippen molar-refractivity contribution in [1.29, 1.82) is 0 Å². The van der Waals surface area contributed by atoms with Crippen molar-refractivity contribution in [2.75, 3.05) is 20.3 Å². The molecule has 1 aromatic rings. The van der Waals surface area contributed by atoms with Gasteiger partial charge in [0.15, 0.2) is 0 Å². The van der Waals surface area contributed by atoms with Gasteiger partial charge in [-0.3, -0.25) is 0 Å². The smallest absolute Gasteiger partial charge is 0.240 e. The van der Waals surface area contributed by atoms with E-state index in [1.54, 1.807) is 19.2 Å². The summed E-state index contributed by atoms with van der Waals surface area (Å²) in [4.78, 5) is 0.370. The minimum Gasteiger partial charge on any atom is -0.385 e. The largest absolute Gasteiger partial charge is 0.385 e. The normalized spacial score (nSPS) is 15.3. The molecule has 0 aliphatic heterocycles. The van der Waals surface area contributed by atoms with E-state index < -0.39 is 10.0 Å². The van der Waals surface area contributed by atoms with Gasteiger partial charge in [-0.15, -0.1) is 0 Å². The van der Waals surface area contributed by atoms with E-state index in [1.165, 1.54) is 12.8 Å². The first-order chi connectivity index (χ1) is 10.0. The van der Waals surface area contributed by atoms with E-state index in [-0.39, 0.29) is 0 Å². The van der Waals surface area contributed by atoms with Crippen molar-refractivity contribution in [1.82, 2.24) is 10.0 Å². The molecule has 2 N–H and O–H groups in total. The molecule has 0 atom stereocenters. The summed E-state index contributed by atoms with van der Waals surface area (Å²) in [5, 5.41) is 3.42. The SMILES string of the molecule is COCCCNS(=O)(=O)c1cccc(CNC2CC2)c1C. The van der Waals surface area contributed by atoms with Gasteiger partial charge in [-0.05, 0) is 43.4 Å². The van der Waals surface area contributed by atoms with Crippen LogP contribution in [0.25, 0.3) is 0 Å². The minimum absolute atomic E-state index is 0.370. The average molecular weight is 312 g/mol. The van der Waals surface area contributed by atoms with E-state index in [1.807, 2.05) is 13.0 Å². The highest BCUT2D eigenvalue weighted by molar-refractivity contribution is 7.89. The summed E-state index contributed by atoms with van der Waals surface area (Å²) in [7, 11) is -1.84. The van der Waals surface area contributed by atoms with Crippen molar-refractivity contribution >= 4 is 10.0 Å². The van der Waals surface area contributed by atoms with Crippen molar-refractivity contribution in [2.24, 2.45) is 0 Å². The van der Waals surface area contributed by atoms with Crippen molar-refractivity contribution in [3.05, 3.63) is 29.3 Å². The van der Waals surface area contributed by atoms with Crippen molar-refractivity contribution in [2.45, 2.75) is 43.7 Å². The molecule has 2 rings (SSSR count). The molecule has 1 aromatic carbocycles. The second-order valence-corrected chi connectivity index (χ2v) is 7.17. The highest BCUT2D eigenvalue weighted by Gasteiger charge is 2.22. The number of hydrogen-bond acceptors (Lipinski definition) is 4. The lowest BCUT2D eigenvalue weighted by Gasteiger charge is -2.13. The number of sulfonamides is 1. The summed E-state index contributed by atoms with van der Waals surface area (Å²) >= 11 is 0. The molecule has 0 amide bonds. The number of hydrogen-bond donors (Lipinski definition) is 2. The molecule has 5 nitrogen and oxygen atoms in total. The predicted octanol–water partition coefficient (Wildman–Crippen LogP) is 1.56. The molecule has 0 bridgehead atoms. The number of rotatable bonds is 9. The molecular weight excluding hydrogens is 288 g/mol. The number of ether oxygens (including phenoxy) is 1. The molecule has 6 heteroatoms. The van der Waals surface area contributed by atoms with Crippen LogP contribution in [-0.4, -0.2) is 34.7 Å². The molecule has 1 fully saturated rings. The fourth-order valence-electron chi connectivity index (χ4n) is 2.19. The first kappa shape index (κ1) is 16.4. The molecule has 0 unspecified atom stereocenters. The Bertz CT molecular complexity index is 568. The monoisotopic (exact) mass is 312 g/mol. The number of nitrogens with one attached hydrogen (secondary N) is 2. The van der Waals surface area contributed by atoms with Gasteiger partial charge in [0, 0.05) is 32.8 Å². The molecule has 1 aliphatic rings. The Labute approximate surface area is 127 Å². The van der Waals surface area contributed by atoms with Crippen LogP contribution in [0.4, 0.5) is 0 Å². The van der Waals surface area contributed by atoms with E-state index in [0.29, 0.717) is 30.5 Å². The van der Waals surface area contributed by atoms with Gasteiger partial charge in [0.05, 0.1) is 4.90 Å². The van der Waals surface area contributed by atoms with Gasteiger partial charge in [-0.2, -0.15) is 0 Å². The van der Waals surface area contributed by atoms with Crippen LogP contribution in [-0.2, 0) is 21.3 Å². The van der Waals surface area contributed by atoms with Crippen LogP contribution in [0.1, 0.15) is 30.4 Å². The summed E-state index contributed by atoms with van der Waals surface area (Å²) in [6, 6.07) is 6.06.